The molecular formula is C10H20N2O. The first-order chi connectivity index (χ1) is 6.29. The van der Waals surface area contributed by atoms with Gasteiger partial charge in [0, 0.05) is 18.7 Å². The fourth-order valence-corrected chi connectivity index (χ4v) is 1.81. The maximum atomic E-state index is 5.95. The molecule has 13 heavy (non-hydrogen) atoms. The highest BCUT2D eigenvalue weighted by Gasteiger charge is 2.37. The van der Waals surface area contributed by atoms with E-state index >= 15 is 0 Å². The molecule has 0 spiro atoms. The van der Waals surface area contributed by atoms with Gasteiger partial charge in [-0.1, -0.05) is 0 Å². The summed E-state index contributed by atoms with van der Waals surface area (Å²) in [7, 11) is 0. The molecule has 3 nitrogen and oxygen atoms in total. The van der Waals surface area contributed by atoms with E-state index in [1.165, 1.54) is 25.7 Å². The van der Waals surface area contributed by atoms with Crippen LogP contribution in [-0.4, -0.2) is 31.3 Å². The molecule has 3 heteroatoms. The van der Waals surface area contributed by atoms with Gasteiger partial charge in [-0.2, -0.15) is 0 Å². The molecule has 1 saturated heterocycles. The number of hydrogen-bond acceptors (Lipinski definition) is 3. The second-order valence-electron chi connectivity index (χ2n) is 4.46. The highest BCUT2D eigenvalue weighted by molar-refractivity contribution is 5.00. The van der Waals surface area contributed by atoms with Gasteiger partial charge in [-0.15, -0.1) is 0 Å². The summed E-state index contributed by atoms with van der Waals surface area (Å²) in [6.07, 6.45) is 6.54. The molecule has 1 aliphatic carbocycles. The summed E-state index contributed by atoms with van der Waals surface area (Å²) in [5.74, 6) is 0. The fourth-order valence-electron chi connectivity index (χ4n) is 1.81. The average Bonchev–Trinajstić information content (AvgIpc) is 2.69. The van der Waals surface area contributed by atoms with Crippen molar-refractivity contribution in [3.05, 3.63) is 0 Å². The normalized spacial score (nSPS) is 30.7. The van der Waals surface area contributed by atoms with Gasteiger partial charge >= 0.3 is 0 Å². The van der Waals surface area contributed by atoms with Crippen LogP contribution in [0.25, 0.3) is 0 Å². The summed E-state index contributed by atoms with van der Waals surface area (Å²) in [5.41, 5.74) is 6.10. The zero-order valence-electron chi connectivity index (χ0n) is 8.22. The van der Waals surface area contributed by atoms with Crippen molar-refractivity contribution < 1.29 is 4.74 Å². The van der Waals surface area contributed by atoms with Crippen molar-refractivity contribution in [1.29, 1.82) is 0 Å². The summed E-state index contributed by atoms with van der Waals surface area (Å²) >= 11 is 0. The molecule has 2 rings (SSSR count). The molecule has 0 aromatic rings. The van der Waals surface area contributed by atoms with Crippen molar-refractivity contribution in [3.8, 4) is 0 Å². The van der Waals surface area contributed by atoms with E-state index in [1.54, 1.807) is 0 Å². The molecule has 3 N–H and O–H groups in total. The minimum absolute atomic E-state index is 0.149. The van der Waals surface area contributed by atoms with Crippen molar-refractivity contribution in [2.45, 2.75) is 43.7 Å². The van der Waals surface area contributed by atoms with Crippen LogP contribution in [0.1, 0.15) is 32.1 Å². The smallest absolute Gasteiger partial charge is 0.0588 e. The average molecular weight is 184 g/mol. The third-order valence-corrected chi connectivity index (χ3v) is 3.04. The Morgan fingerprint density at radius 2 is 2.31 bits per heavy atom. The van der Waals surface area contributed by atoms with Crippen LogP contribution in [0.3, 0.4) is 0 Å². The number of rotatable bonds is 5. The first-order valence-corrected chi connectivity index (χ1v) is 5.40. The molecule has 1 atom stereocenters. The SMILES string of the molecule is NC1(CNCCC2CCCO2)CC1. The molecule has 0 amide bonds. The molecule has 0 aromatic carbocycles. The van der Waals surface area contributed by atoms with E-state index in [0.29, 0.717) is 6.10 Å². The first-order valence-electron chi connectivity index (χ1n) is 5.40. The van der Waals surface area contributed by atoms with E-state index in [4.69, 9.17) is 10.5 Å². The Labute approximate surface area is 80.0 Å². The lowest BCUT2D eigenvalue weighted by Crippen LogP contribution is -2.36. The van der Waals surface area contributed by atoms with Crippen molar-refractivity contribution in [3.63, 3.8) is 0 Å². The number of ether oxygens (including phenoxy) is 1. The minimum Gasteiger partial charge on any atom is -0.378 e. The lowest BCUT2D eigenvalue weighted by molar-refractivity contribution is 0.104. The van der Waals surface area contributed by atoms with E-state index in [2.05, 4.69) is 5.32 Å². The predicted octanol–water partition coefficient (Wildman–Crippen LogP) is 0.636. The van der Waals surface area contributed by atoms with Gasteiger partial charge in [0.15, 0.2) is 0 Å². The highest BCUT2D eigenvalue weighted by Crippen LogP contribution is 2.30. The van der Waals surface area contributed by atoms with Crippen LogP contribution in [0.15, 0.2) is 0 Å². The fraction of sp³-hybridized carbons (Fsp3) is 1.00. The Hall–Kier alpha value is -0.120. The zero-order valence-corrected chi connectivity index (χ0v) is 8.22. The quantitative estimate of drug-likeness (QED) is 0.616. The van der Waals surface area contributed by atoms with E-state index in [1.807, 2.05) is 0 Å². The molecule has 1 saturated carbocycles. The van der Waals surface area contributed by atoms with Crippen LogP contribution in [-0.2, 0) is 4.74 Å². The lowest BCUT2D eigenvalue weighted by atomic mass is 10.2. The molecular weight excluding hydrogens is 164 g/mol. The summed E-state index contributed by atoms with van der Waals surface area (Å²) < 4.78 is 5.53. The van der Waals surface area contributed by atoms with Gasteiger partial charge in [0.25, 0.3) is 0 Å². The van der Waals surface area contributed by atoms with E-state index in [-0.39, 0.29) is 5.54 Å². The number of hydrogen-bond donors (Lipinski definition) is 2. The summed E-state index contributed by atoms with van der Waals surface area (Å²) in [5, 5.41) is 3.41. The van der Waals surface area contributed by atoms with Crippen molar-refractivity contribution in [1.82, 2.24) is 5.32 Å². The van der Waals surface area contributed by atoms with Gasteiger partial charge in [0.1, 0.15) is 0 Å². The Morgan fingerprint density at radius 3 is 2.92 bits per heavy atom. The summed E-state index contributed by atoms with van der Waals surface area (Å²) in [6, 6.07) is 0. The number of nitrogens with one attached hydrogen (secondary N) is 1. The topological polar surface area (TPSA) is 47.3 Å². The van der Waals surface area contributed by atoms with Crippen LogP contribution >= 0.6 is 0 Å². The Morgan fingerprint density at radius 1 is 1.46 bits per heavy atom. The van der Waals surface area contributed by atoms with Gasteiger partial charge < -0.3 is 15.8 Å². The van der Waals surface area contributed by atoms with E-state index in [9.17, 15) is 0 Å². The van der Waals surface area contributed by atoms with Crippen LogP contribution in [0.4, 0.5) is 0 Å². The molecule has 0 bridgehead atoms. The van der Waals surface area contributed by atoms with Crippen molar-refractivity contribution in [2.24, 2.45) is 5.73 Å². The van der Waals surface area contributed by atoms with Crippen molar-refractivity contribution >= 4 is 0 Å². The number of nitrogens with two attached hydrogens (primary N) is 1. The third kappa shape index (κ3) is 2.93. The lowest BCUT2D eigenvalue weighted by Gasteiger charge is -2.12. The Balaban J connectivity index is 1.48. The van der Waals surface area contributed by atoms with Crippen LogP contribution in [0, 0.1) is 0 Å². The predicted molar refractivity (Wildman–Crippen MR) is 52.6 cm³/mol. The zero-order chi connectivity index (χ0) is 9.15. The van der Waals surface area contributed by atoms with Gasteiger partial charge in [-0.25, -0.2) is 0 Å². The highest BCUT2D eigenvalue weighted by atomic mass is 16.5. The molecule has 2 fully saturated rings. The Bertz CT molecular complexity index is 162. The second-order valence-corrected chi connectivity index (χ2v) is 4.46. The Kier molecular flexibility index (Phi) is 2.86. The van der Waals surface area contributed by atoms with Gasteiger partial charge in [-0.3, -0.25) is 0 Å². The van der Waals surface area contributed by atoms with Crippen LogP contribution < -0.4 is 11.1 Å². The molecule has 0 aromatic heterocycles. The largest absolute Gasteiger partial charge is 0.378 e. The second kappa shape index (κ2) is 3.95. The standard InChI is InChI=1S/C10H20N2O/c11-10(4-5-10)8-12-6-3-9-2-1-7-13-9/h9,12H,1-8,11H2. The van der Waals surface area contributed by atoms with E-state index < -0.39 is 0 Å². The van der Waals surface area contributed by atoms with Crippen LogP contribution in [0.5, 0.6) is 0 Å². The maximum absolute atomic E-state index is 5.95. The minimum atomic E-state index is 0.149. The van der Waals surface area contributed by atoms with Crippen LogP contribution in [0.2, 0.25) is 0 Å². The monoisotopic (exact) mass is 184 g/mol. The van der Waals surface area contributed by atoms with Crippen molar-refractivity contribution in [2.75, 3.05) is 19.7 Å². The maximum Gasteiger partial charge on any atom is 0.0588 e. The molecule has 1 heterocycles. The van der Waals surface area contributed by atoms with Gasteiger partial charge in [-0.05, 0) is 38.6 Å². The third-order valence-electron chi connectivity index (χ3n) is 3.04. The first kappa shape index (κ1) is 9.44. The summed E-state index contributed by atoms with van der Waals surface area (Å²) in [6.45, 7) is 3.01. The molecule has 1 unspecified atom stereocenters. The van der Waals surface area contributed by atoms with Gasteiger partial charge in [0.2, 0.25) is 0 Å². The summed E-state index contributed by atoms with van der Waals surface area (Å²) in [4.78, 5) is 0. The molecule has 0 radical (unpaired) electrons. The molecule has 1 aliphatic heterocycles. The van der Waals surface area contributed by atoms with Gasteiger partial charge in [0.05, 0.1) is 6.10 Å². The molecule has 2 aliphatic rings. The van der Waals surface area contributed by atoms with E-state index in [0.717, 1.165) is 26.1 Å². The molecule has 76 valence electrons.